The molecule has 0 bridgehead atoms. The summed E-state index contributed by atoms with van der Waals surface area (Å²) in [5, 5.41) is 0. The van der Waals surface area contributed by atoms with Crippen molar-refractivity contribution in [1.29, 1.82) is 0 Å². The van der Waals surface area contributed by atoms with Crippen LogP contribution in [0.3, 0.4) is 0 Å². The maximum Gasteiger partial charge on any atom is 0.326 e. The molecule has 0 saturated carbocycles. The van der Waals surface area contributed by atoms with Crippen LogP contribution in [0.25, 0.3) is 11.4 Å². The van der Waals surface area contributed by atoms with E-state index < -0.39 is 6.17 Å². The van der Waals surface area contributed by atoms with Crippen LogP contribution in [0.15, 0.2) is 30.7 Å². The molecule has 4 rings (SSSR count). The Labute approximate surface area is 145 Å². The molecular formula is C17H18N6O2. The molecule has 1 fully saturated rings. The van der Waals surface area contributed by atoms with Gasteiger partial charge in [-0.05, 0) is 25.0 Å². The van der Waals surface area contributed by atoms with Gasteiger partial charge in [-0.15, -0.1) is 0 Å². The molecule has 2 aromatic rings. The summed E-state index contributed by atoms with van der Waals surface area (Å²) in [7, 11) is 1.76. The fourth-order valence-electron chi connectivity index (χ4n) is 3.31. The van der Waals surface area contributed by atoms with Crippen LogP contribution in [0.4, 0.5) is 16.3 Å². The average molecular weight is 338 g/mol. The van der Waals surface area contributed by atoms with Gasteiger partial charge in [-0.1, -0.05) is 0 Å². The molecule has 2 amide bonds. The van der Waals surface area contributed by atoms with Crippen LogP contribution in [0.1, 0.15) is 12.8 Å². The molecule has 0 N–H and O–H groups in total. The SMILES string of the molecule is CN1c2nc(-c3ccncc3)ncc2N(C(=O)N2CCCC2)C1C=O. The first kappa shape index (κ1) is 15.5. The van der Waals surface area contributed by atoms with Crippen molar-refractivity contribution in [2.24, 2.45) is 0 Å². The smallest absolute Gasteiger partial charge is 0.326 e. The van der Waals surface area contributed by atoms with E-state index in [1.807, 2.05) is 12.1 Å². The van der Waals surface area contributed by atoms with E-state index >= 15 is 0 Å². The Kier molecular flexibility index (Phi) is 3.79. The second-order valence-electron chi connectivity index (χ2n) is 6.15. The molecule has 0 spiro atoms. The lowest BCUT2D eigenvalue weighted by Crippen LogP contribution is -2.50. The van der Waals surface area contributed by atoms with Crippen molar-refractivity contribution in [3.8, 4) is 11.4 Å². The number of aromatic nitrogens is 3. The molecule has 1 unspecified atom stereocenters. The van der Waals surface area contributed by atoms with Crippen LogP contribution in [0, 0.1) is 0 Å². The van der Waals surface area contributed by atoms with E-state index in [9.17, 15) is 9.59 Å². The molecule has 4 heterocycles. The number of carbonyl (C=O) groups excluding carboxylic acids is 2. The minimum Gasteiger partial charge on any atom is -0.331 e. The zero-order valence-electron chi connectivity index (χ0n) is 13.9. The molecule has 0 aromatic carbocycles. The number of pyridine rings is 1. The summed E-state index contributed by atoms with van der Waals surface area (Å²) in [6, 6.07) is 3.47. The van der Waals surface area contributed by atoms with Gasteiger partial charge in [-0.2, -0.15) is 0 Å². The van der Waals surface area contributed by atoms with Crippen molar-refractivity contribution in [3.63, 3.8) is 0 Å². The summed E-state index contributed by atoms with van der Waals surface area (Å²) in [4.78, 5) is 42.5. The first-order valence-electron chi connectivity index (χ1n) is 8.24. The molecule has 2 aliphatic rings. The minimum atomic E-state index is -0.704. The van der Waals surface area contributed by atoms with Crippen molar-refractivity contribution in [2.45, 2.75) is 19.0 Å². The summed E-state index contributed by atoms with van der Waals surface area (Å²) < 4.78 is 0. The molecular weight excluding hydrogens is 320 g/mol. The molecule has 1 saturated heterocycles. The first-order valence-corrected chi connectivity index (χ1v) is 8.24. The number of likely N-dealkylation sites (tertiary alicyclic amines) is 1. The highest BCUT2D eigenvalue weighted by Crippen LogP contribution is 2.38. The number of hydrogen-bond donors (Lipinski definition) is 0. The Morgan fingerprint density at radius 3 is 2.64 bits per heavy atom. The highest BCUT2D eigenvalue weighted by atomic mass is 16.2. The Morgan fingerprint density at radius 1 is 1.24 bits per heavy atom. The topological polar surface area (TPSA) is 82.5 Å². The molecule has 128 valence electrons. The number of rotatable bonds is 2. The van der Waals surface area contributed by atoms with Crippen LogP contribution in [-0.2, 0) is 4.79 Å². The summed E-state index contributed by atoms with van der Waals surface area (Å²) in [5.74, 6) is 1.11. The number of urea groups is 1. The van der Waals surface area contributed by atoms with E-state index in [4.69, 9.17) is 0 Å². The first-order chi connectivity index (χ1) is 12.2. The molecule has 25 heavy (non-hydrogen) atoms. The zero-order valence-corrected chi connectivity index (χ0v) is 13.9. The van der Waals surface area contributed by atoms with Crippen molar-refractivity contribution in [3.05, 3.63) is 30.7 Å². The van der Waals surface area contributed by atoms with E-state index in [1.165, 1.54) is 4.90 Å². The van der Waals surface area contributed by atoms with Gasteiger partial charge in [0, 0.05) is 38.1 Å². The van der Waals surface area contributed by atoms with Crippen molar-refractivity contribution >= 4 is 23.8 Å². The largest absolute Gasteiger partial charge is 0.331 e. The number of nitrogens with zero attached hydrogens (tertiary/aromatic N) is 6. The summed E-state index contributed by atoms with van der Waals surface area (Å²) >= 11 is 0. The van der Waals surface area contributed by atoms with Gasteiger partial charge in [0.1, 0.15) is 5.69 Å². The normalized spacial score (nSPS) is 19.2. The number of aldehydes is 1. The lowest BCUT2D eigenvalue weighted by Gasteiger charge is -2.28. The maximum atomic E-state index is 12.9. The van der Waals surface area contributed by atoms with Gasteiger partial charge in [0.05, 0.1) is 6.20 Å². The number of hydrogen-bond acceptors (Lipinski definition) is 6. The number of likely N-dealkylation sites (N-methyl/N-ethyl adjacent to an activating group) is 1. The van der Waals surface area contributed by atoms with Gasteiger partial charge in [0.2, 0.25) is 0 Å². The third-order valence-electron chi connectivity index (χ3n) is 4.65. The quantitative estimate of drug-likeness (QED) is 0.773. The second-order valence-corrected chi connectivity index (χ2v) is 6.15. The Bertz CT molecular complexity index is 806. The third-order valence-corrected chi connectivity index (χ3v) is 4.65. The number of carbonyl (C=O) groups is 2. The van der Waals surface area contributed by atoms with Gasteiger partial charge in [-0.3, -0.25) is 14.7 Å². The zero-order chi connectivity index (χ0) is 17.4. The molecule has 2 aliphatic heterocycles. The monoisotopic (exact) mass is 338 g/mol. The van der Waals surface area contributed by atoms with E-state index in [0.29, 0.717) is 17.3 Å². The predicted molar refractivity (Wildman–Crippen MR) is 92.2 cm³/mol. The van der Waals surface area contributed by atoms with Crippen LogP contribution in [0.2, 0.25) is 0 Å². The second kappa shape index (κ2) is 6.12. The standard InChI is InChI=1S/C17H18N6O2/c1-21-14(11-24)23(17(25)22-8-2-3-9-22)13-10-19-15(20-16(13)21)12-4-6-18-7-5-12/h4-7,10-11,14H,2-3,8-9H2,1H3. The molecule has 0 aliphatic carbocycles. The summed E-state index contributed by atoms with van der Waals surface area (Å²) in [5.41, 5.74) is 1.40. The highest BCUT2D eigenvalue weighted by molar-refractivity contribution is 6.03. The predicted octanol–water partition coefficient (Wildman–Crippen LogP) is 1.54. The summed E-state index contributed by atoms with van der Waals surface area (Å²) in [6.07, 6.45) is 7.01. The van der Waals surface area contributed by atoms with Crippen LogP contribution in [-0.4, -0.2) is 58.5 Å². The van der Waals surface area contributed by atoms with E-state index in [2.05, 4.69) is 15.0 Å². The average Bonchev–Trinajstić information content (AvgIpc) is 3.28. The minimum absolute atomic E-state index is 0.166. The van der Waals surface area contributed by atoms with Gasteiger partial charge in [0.15, 0.2) is 24.1 Å². The third kappa shape index (κ3) is 2.50. The molecule has 8 heteroatoms. The van der Waals surface area contributed by atoms with Gasteiger partial charge in [-0.25, -0.2) is 14.8 Å². The van der Waals surface area contributed by atoms with Gasteiger partial charge in [0.25, 0.3) is 0 Å². The van der Waals surface area contributed by atoms with Crippen LogP contribution in [0.5, 0.6) is 0 Å². The lowest BCUT2D eigenvalue weighted by atomic mass is 10.2. The van der Waals surface area contributed by atoms with Crippen molar-refractivity contribution in [1.82, 2.24) is 19.9 Å². The van der Waals surface area contributed by atoms with E-state index in [1.54, 1.807) is 35.4 Å². The Morgan fingerprint density at radius 2 is 1.96 bits per heavy atom. The van der Waals surface area contributed by atoms with Gasteiger partial charge < -0.3 is 9.80 Å². The lowest BCUT2D eigenvalue weighted by molar-refractivity contribution is -0.108. The molecule has 8 nitrogen and oxygen atoms in total. The molecule has 1 atom stereocenters. The Balaban J connectivity index is 1.74. The van der Waals surface area contributed by atoms with E-state index in [-0.39, 0.29) is 6.03 Å². The number of fused-ring (bicyclic) bond motifs is 1. The van der Waals surface area contributed by atoms with Crippen molar-refractivity contribution in [2.75, 3.05) is 29.9 Å². The Hall–Kier alpha value is -3.03. The van der Waals surface area contributed by atoms with Gasteiger partial charge >= 0.3 is 6.03 Å². The van der Waals surface area contributed by atoms with Crippen LogP contribution < -0.4 is 9.80 Å². The van der Waals surface area contributed by atoms with E-state index in [0.717, 1.165) is 37.8 Å². The number of anilines is 2. The highest BCUT2D eigenvalue weighted by Gasteiger charge is 2.41. The molecule has 0 radical (unpaired) electrons. The summed E-state index contributed by atoms with van der Waals surface area (Å²) in [6.45, 7) is 1.44. The van der Waals surface area contributed by atoms with Crippen molar-refractivity contribution < 1.29 is 9.59 Å². The van der Waals surface area contributed by atoms with Crippen LogP contribution >= 0.6 is 0 Å². The fourth-order valence-corrected chi connectivity index (χ4v) is 3.31. The fraction of sp³-hybridized carbons (Fsp3) is 0.353. The molecule has 2 aromatic heterocycles. The maximum absolute atomic E-state index is 12.9. The number of amides is 2.